The van der Waals surface area contributed by atoms with Crippen LogP contribution in [0.3, 0.4) is 0 Å². The highest BCUT2D eigenvalue weighted by atomic mass is 35.5. The number of esters is 1. The predicted octanol–water partition coefficient (Wildman–Crippen LogP) is 2.12. The Morgan fingerprint density at radius 2 is 2.38 bits per heavy atom. The van der Waals surface area contributed by atoms with E-state index in [2.05, 4.69) is 14.9 Å². The predicted molar refractivity (Wildman–Crippen MR) is 80.9 cm³/mol. The summed E-state index contributed by atoms with van der Waals surface area (Å²) in [5.41, 5.74) is 6.41. The molecule has 0 aliphatic rings. The third-order valence-corrected chi connectivity index (χ3v) is 3.86. The minimum Gasteiger partial charge on any atom is -0.468 e. The van der Waals surface area contributed by atoms with E-state index in [0.717, 1.165) is 5.56 Å². The average molecular weight is 328 g/mol. The van der Waals surface area contributed by atoms with Crippen molar-refractivity contribution in [3.8, 4) is 11.4 Å². The molecule has 8 heteroatoms. The summed E-state index contributed by atoms with van der Waals surface area (Å²) >= 11 is 7.34. The number of hydrogen-bond acceptors (Lipinski definition) is 7. The van der Waals surface area contributed by atoms with E-state index < -0.39 is 12.0 Å². The largest absolute Gasteiger partial charge is 0.468 e. The van der Waals surface area contributed by atoms with Gasteiger partial charge in [0.15, 0.2) is 0 Å². The van der Waals surface area contributed by atoms with Gasteiger partial charge < -0.3 is 15.0 Å². The molecule has 2 aromatic rings. The van der Waals surface area contributed by atoms with Crippen LogP contribution < -0.4 is 5.73 Å². The van der Waals surface area contributed by atoms with Crippen molar-refractivity contribution in [2.24, 2.45) is 5.73 Å². The van der Waals surface area contributed by atoms with Gasteiger partial charge in [-0.15, -0.1) is 11.8 Å². The fraction of sp³-hybridized carbons (Fsp3) is 0.308. The summed E-state index contributed by atoms with van der Waals surface area (Å²) in [7, 11) is 1.31. The quantitative estimate of drug-likeness (QED) is 0.812. The van der Waals surface area contributed by atoms with Crippen LogP contribution in [0.4, 0.5) is 0 Å². The van der Waals surface area contributed by atoms with Crippen molar-refractivity contribution < 1.29 is 14.1 Å². The minimum atomic E-state index is -0.657. The Labute approximate surface area is 131 Å². The summed E-state index contributed by atoms with van der Waals surface area (Å²) in [6.45, 7) is 0. The maximum absolute atomic E-state index is 11.2. The third kappa shape index (κ3) is 4.45. The first-order chi connectivity index (χ1) is 10.1. The second kappa shape index (κ2) is 7.44. The molecule has 0 radical (unpaired) electrons. The summed E-state index contributed by atoms with van der Waals surface area (Å²) in [6, 6.07) is 6.54. The Bertz CT molecular complexity index is 620. The fourth-order valence-electron chi connectivity index (χ4n) is 1.55. The van der Waals surface area contributed by atoms with E-state index in [1.54, 1.807) is 12.1 Å². The lowest BCUT2D eigenvalue weighted by Gasteiger charge is -2.06. The minimum absolute atomic E-state index is 0.418. The van der Waals surface area contributed by atoms with Crippen molar-refractivity contribution in [3.05, 3.63) is 35.2 Å². The Morgan fingerprint density at radius 3 is 3.10 bits per heavy atom. The number of carbonyl (C=O) groups is 1. The SMILES string of the molecule is COC(=O)C(N)CSCc1nc(-c2cccc(Cl)c2)no1. The van der Waals surface area contributed by atoms with Crippen molar-refractivity contribution >= 4 is 29.3 Å². The number of methoxy groups -OCH3 is 1. The molecule has 0 saturated heterocycles. The van der Waals surface area contributed by atoms with Gasteiger partial charge in [-0.2, -0.15) is 4.98 Å². The molecule has 0 spiro atoms. The van der Waals surface area contributed by atoms with E-state index >= 15 is 0 Å². The summed E-state index contributed by atoms with van der Waals surface area (Å²) in [5.74, 6) is 1.39. The van der Waals surface area contributed by atoms with Gasteiger partial charge in [-0.3, -0.25) is 4.79 Å². The summed E-state index contributed by atoms with van der Waals surface area (Å²) in [4.78, 5) is 15.4. The van der Waals surface area contributed by atoms with Gasteiger partial charge in [-0.1, -0.05) is 28.9 Å². The highest BCUT2D eigenvalue weighted by molar-refractivity contribution is 7.98. The molecule has 2 N–H and O–H groups in total. The average Bonchev–Trinajstić information content (AvgIpc) is 2.95. The zero-order chi connectivity index (χ0) is 15.2. The summed E-state index contributed by atoms with van der Waals surface area (Å²) < 4.78 is 9.69. The van der Waals surface area contributed by atoms with Crippen LogP contribution in [0.5, 0.6) is 0 Å². The number of hydrogen-bond donors (Lipinski definition) is 1. The topological polar surface area (TPSA) is 91.2 Å². The number of thioether (sulfide) groups is 1. The summed E-state index contributed by atoms with van der Waals surface area (Å²) in [6.07, 6.45) is 0. The van der Waals surface area contributed by atoms with E-state index in [1.807, 2.05) is 12.1 Å². The standard InChI is InChI=1S/C13H14ClN3O3S/c1-19-13(18)10(15)6-21-7-11-16-12(17-20-11)8-3-2-4-9(14)5-8/h2-5,10H,6-7,15H2,1H3. The molecule has 2 rings (SSSR count). The normalized spacial score (nSPS) is 12.1. The van der Waals surface area contributed by atoms with Crippen LogP contribution in [0.15, 0.2) is 28.8 Å². The van der Waals surface area contributed by atoms with Crippen molar-refractivity contribution in [1.29, 1.82) is 0 Å². The van der Waals surface area contributed by atoms with Crippen LogP contribution in [0, 0.1) is 0 Å². The number of aromatic nitrogens is 2. The van der Waals surface area contributed by atoms with Gasteiger partial charge in [0.1, 0.15) is 6.04 Å². The van der Waals surface area contributed by atoms with Crippen molar-refractivity contribution in [2.75, 3.05) is 12.9 Å². The molecule has 21 heavy (non-hydrogen) atoms. The second-order valence-electron chi connectivity index (χ2n) is 4.17. The van der Waals surface area contributed by atoms with Gasteiger partial charge in [0, 0.05) is 16.3 Å². The first-order valence-electron chi connectivity index (χ1n) is 6.10. The number of nitrogens with two attached hydrogens (primary N) is 1. The van der Waals surface area contributed by atoms with E-state index in [1.165, 1.54) is 18.9 Å². The number of halogens is 1. The molecule has 0 saturated carbocycles. The molecule has 0 aliphatic heterocycles. The zero-order valence-electron chi connectivity index (χ0n) is 11.3. The number of rotatable bonds is 6. The number of carbonyl (C=O) groups excluding carboxylic acids is 1. The lowest BCUT2D eigenvalue weighted by Crippen LogP contribution is -2.33. The molecule has 0 aliphatic carbocycles. The van der Waals surface area contributed by atoms with Crippen molar-refractivity contribution in [3.63, 3.8) is 0 Å². The van der Waals surface area contributed by atoms with Crippen LogP contribution in [-0.4, -0.2) is 35.0 Å². The molecule has 6 nitrogen and oxygen atoms in total. The Morgan fingerprint density at radius 1 is 1.57 bits per heavy atom. The van der Waals surface area contributed by atoms with Crippen LogP contribution in [0.2, 0.25) is 5.02 Å². The van der Waals surface area contributed by atoms with Crippen LogP contribution in [0.25, 0.3) is 11.4 Å². The highest BCUT2D eigenvalue weighted by Crippen LogP contribution is 2.21. The smallest absolute Gasteiger partial charge is 0.323 e. The maximum atomic E-state index is 11.2. The van der Waals surface area contributed by atoms with E-state index in [0.29, 0.717) is 28.2 Å². The third-order valence-electron chi connectivity index (χ3n) is 2.58. The molecule has 112 valence electrons. The maximum Gasteiger partial charge on any atom is 0.323 e. The van der Waals surface area contributed by atoms with Crippen molar-refractivity contribution in [2.45, 2.75) is 11.8 Å². The monoisotopic (exact) mass is 327 g/mol. The summed E-state index contributed by atoms with van der Waals surface area (Å²) in [5, 5.41) is 4.50. The van der Waals surface area contributed by atoms with Crippen LogP contribution in [0.1, 0.15) is 5.89 Å². The lowest BCUT2D eigenvalue weighted by atomic mass is 10.2. The van der Waals surface area contributed by atoms with Crippen molar-refractivity contribution in [1.82, 2.24) is 10.1 Å². The molecule has 0 bridgehead atoms. The second-order valence-corrected chi connectivity index (χ2v) is 5.63. The van der Waals surface area contributed by atoms with E-state index in [-0.39, 0.29) is 0 Å². The van der Waals surface area contributed by atoms with Gasteiger partial charge in [0.05, 0.1) is 12.9 Å². The first-order valence-corrected chi connectivity index (χ1v) is 7.63. The molecular formula is C13H14ClN3O3S. The molecule has 0 amide bonds. The van der Waals surface area contributed by atoms with Gasteiger partial charge in [-0.25, -0.2) is 0 Å². The highest BCUT2D eigenvalue weighted by Gasteiger charge is 2.15. The molecule has 1 heterocycles. The first kappa shape index (κ1) is 15.8. The van der Waals surface area contributed by atoms with Gasteiger partial charge >= 0.3 is 5.97 Å². The number of benzene rings is 1. The molecule has 1 aromatic heterocycles. The molecular weight excluding hydrogens is 314 g/mol. The Balaban J connectivity index is 1.90. The van der Waals surface area contributed by atoms with Crippen LogP contribution >= 0.6 is 23.4 Å². The Kier molecular flexibility index (Phi) is 5.60. The van der Waals surface area contributed by atoms with Gasteiger partial charge in [0.2, 0.25) is 11.7 Å². The number of ether oxygens (including phenoxy) is 1. The van der Waals surface area contributed by atoms with Gasteiger partial charge in [0.25, 0.3) is 0 Å². The Hall–Kier alpha value is -1.57. The lowest BCUT2D eigenvalue weighted by molar-refractivity contribution is -0.141. The molecule has 1 atom stereocenters. The molecule has 1 unspecified atom stereocenters. The molecule has 0 fully saturated rings. The fourth-order valence-corrected chi connectivity index (χ4v) is 2.54. The zero-order valence-corrected chi connectivity index (χ0v) is 12.9. The van der Waals surface area contributed by atoms with E-state index in [4.69, 9.17) is 21.9 Å². The van der Waals surface area contributed by atoms with Gasteiger partial charge in [-0.05, 0) is 12.1 Å². The van der Waals surface area contributed by atoms with Crippen LogP contribution in [-0.2, 0) is 15.3 Å². The number of nitrogens with zero attached hydrogens (tertiary/aromatic N) is 2. The molecule has 1 aromatic carbocycles. The van der Waals surface area contributed by atoms with E-state index in [9.17, 15) is 4.79 Å².